The number of nitrogens with one attached hydrogen (secondary N) is 2. The average molecular weight is 243 g/mol. The third kappa shape index (κ3) is 2.97. The first-order valence-corrected chi connectivity index (χ1v) is 6.01. The van der Waals surface area contributed by atoms with Crippen LogP contribution in [0.2, 0.25) is 0 Å². The number of hydrogen-bond donors (Lipinski definition) is 2. The Morgan fingerprint density at radius 1 is 1.28 bits per heavy atom. The highest BCUT2D eigenvalue weighted by Crippen LogP contribution is 2.19. The second-order valence-corrected chi connectivity index (χ2v) is 4.26. The molecule has 1 amide bonds. The lowest BCUT2D eigenvalue weighted by Crippen LogP contribution is -2.26. The Morgan fingerprint density at radius 3 is 2.83 bits per heavy atom. The predicted octanol–water partition coefficient (Wildman–Crippen LogP) is 2.09. The number of carbonyl (C=O) groups excluding carboxylic acids is 1. The molecule has 4 heteroatoms. The van der Waals surface area contributed by atoms with Gasteiger partial charge in [-0.2, -0.15) is 0 Å². The molecule has 0 aliphatic rings. The molecule has 0 aliphatic carbocycles. The van der Waals surface area contributed by atoms with Crippen LogP contribution in [0.25, 0.3) is 10.9 Å². The van der Waals surface area contributed by atoms with Gasteiger partial charge in [0.2, 0.25) is 5.91 Å². The second kappa shape index (κ2) is 5.49. The summed E-state index contributed by atoms with van der Waals surface area (Å²) in [5.41, 5.74) is 2.08. The molecule has 0 unspecified atom stereocenters. The van der Waals surface area contributed by atoms with Crippen molar-refractivity contribution in [2.75, 3.05) is 18.4 Å². The Bertz CT molecular complexity index is 566. The lowest BCUT2D eigenvalue weighted by atomic mass is 10.1. The van der Waals surface area contributed by atoms with E-state index in [2.05, 4.69) is 27.8 Å². The number of amides is 1. The van der Waals surface area contributed by atoms with Crippen molar-refractivity contribution in [3.63, 3.8) is 0 Å². The van der Waals surface area contributed by atoms with Gasteiger partial charge in [-0.3, -0.25) is 4.79 Å². The standard InChI is InChI=1S/C14H17N3O/c1-10-9-12-5-3-4-6-13(12)17-14(10)16-8-7-15-11(2)18/h3-6,9H,7-8H2,1-2H3,(H,15,18)(H,16,17). The van der Waals surface area contributed by atoms with E-state index < -0.39 is 0 Å². The van der Waals surface area contributed by atoms with Crippen LogP contribution in [0.15, 0.2) is 30.3 Å². The van der Waals surface area contributed by atoms with Gasteiger partial charge in [0, 0.05) is 25.4 Å². The number of benzene rings is 1. The van der Waals surface area contributed by atoms with E-state index in [1.54, 1.807) is 0 Å². The summed E-state index contributed by atoms with van der Waals surface area (Å²) in [7, 11) is 0. The molecule has 18 heavy (non-hydrogen) atoms. The molecule has 0 bridgehead atoms. The highest BCUT2D eigenvalue weighted by molar-refractivity contribution is 5.81. The number of anilines is 1. The van der Waals surface area contributed by atoms with Gasteiger partial charge in [0.05, 0.1) is 5.52 Å². The van der Waals surface area contributed by atoms with Crippen molar-refractivity contribution in [1.29, 1.82) is 0 Å². The number of aromatic nitrogens is 1. The van der Waals surface area contributed by atoms with Crippen molar-refractivity contribution in [1.82, 2.24) is 10.3 Å². The Hall–Kier alpha value is -2.10. The average Bonchev–Trinajstić information content (AvgIpc) is 2.34. The van der Waals surface area contributed by atoms with Gasteiger partial charge >= 0.3 is 0 Å². The van der Waals surface area contributed by atoms with Crippen LogP contribution in [0.3, 0.4) is 0 Å². The molecule has 1 aromatic carbocycles. The molecule has 0 aliphatic heterocycles. The van der Waals surface area contributed by atoms with Gasteiger partial charge in [-0.25, -0.2) is 4.98 Å². The van der Waals surface area contributed by atoms with E-state index in [1.807, 2.05) is 25.1 Å². The molecule has 1 heterocycles. The van der Waals surface area contributed by atoms with Crippen LogP contribution in [0.5, 0.6) is 0 Å². The van der Waals surface area contributed by atoms with Gasteiger partial charge in [-0.1, -0.05) is 18.2 Å². The summed E-state index contributed by atoms with van der Waals surface area (Å²) in [5, 5.41) is 7.12. The van der Waals surface area contributed by atoms with E-state index in [0.29, 0.717) is 13.1 Å². The SMILES string of the molecule is CC(=O)NCCNc1nc2ccccc2cc1C. The van der Waals surface area contributed by atoms with Crippen molar-refractivity contribution in [3.05, 3.63) is 35.9 Å². The van der Waals surface area contributed by atoms with Crippen LogP contribution in [-0.2, 0) is 4.79 Å². The van der Waals surface area contributed by atoms with Gasteiger partial charge in [0.15, 0.2) is 0 Å². The van der Waals surface area contributed by atoms with E-state index in [1.165, 1.54) is 6.92 Å². The molecule has 0 fully saturated rings. The Morgan fingerprint density at radius 2 is 2.06 bits per heavy atom. The van der Waals surface area contributed by atoms with E-state index >= 15 is 0 Å². The molecule has 2 rings (SSSR count). The van der Waals surface area contributed by atoms with Crippen molar-refractivity contribution in [3.8, 4) is 0 Å². The summed E-state index contributed by atoms with van der Waals surface area (Å²) in [6.07, 6.45) is 0. The molecule has 4 nitrogen and oxygen atoms in total. The first kappa shape index (κ1) is 12.4. The normalized spacial score (nSPS) is 10.3. The number of para-hydroxylation sites is 1. The molecular weight excluding hydrogens is 226 g/mol. The number of hydrogen-bond acceptors (Lipinski definition) is 3. The van der Waals surface area contributed by atoms with Crippen LogP contribution in [0, 0.1) is 6.92 Å². The zero-order chi connectivity index (χ0) is 13.0. The zero-order valence-electron chi connectivity index (χ0n) is 10.7. The number of nitrogens with zero attached hydrogens (tertiary/aromatic N) is 1. The molecule has 94 valence electrons. The summed E-state index contributed by atoms with van der Waals surface area (Å²) in [4.78, 5) is 15.3. The fourth-order valence-electron chi connectivity index (χ4n) is 1.82. The molecule has 0 saturated heterocycles. The Labute approximate surface area is 106 Å². The molecule has 0 radical (unpaired) electrons. The number of rotatable bonds is 4. The van der Waals surface area contributed by atoms with Crippen LogP contribution >= 0.6 is 0 Å². The predicted molar refractivity (Wildman–Crippen MR) is 73.7 cm³/mol. The highest BCUT2D eigenvalue weighted by Gasteiger charge is 2.02. The zero-order valence-corrected chi connectivity index (χ0v) is 10.7. The summed E-state index contributed by atoms with van der Waals surface area (Å²) in [5.74, 6) is 0.860. The van der Waals surface area contributed by atoms with Gasteiger partial charge in [0.1, 0.15) is 5.82 Å². The van der Waals surface area contributed by atoms with Crippen LogP contribution < -0.4 is 10.6 Å². The first-order chi connectivity index (χ1) is 8.66. The third-order valence-corrected chi connectivity index (χ3v) is 2.71. The molecule has 2 aromatic rings. The largest absolute Gasteiger partial charge is 0.368 e. The van der Waals surface area contributed by atoms with E-state index in [0.717, 1.165) is 22.3 Å². The molecule has 0 saturated carbocycles. The van der Waals surface area contributed by atoms with E-state index in [4.69, 9.17) is 0 Å². The smallest absolute Gasteiger partial charge is 0.216 e. The minimum Gasteiger partial charge on any atom is -0.368 e. The third-order valence-electron chi connectivity index (χ3n) is 2.71. The topological polar surface area (TPSA) is 54.0 Å². The van der Waals surface area contributed by atoms with E-state index in [9.17, 15) is 4.79 Å². The number of carbonyl (C=O) groups is 1. The molecular formula is C14H17N3O. The van der Waals surface area contributed by atoms with Crippen LogP contribution in [-0.4, -0.2) is 24.0 Å². The van der Waals surface area contributed by atoms with Crippen molar-refractivity contribution in [2.24, 2.45) is 0 Å². The minimum absolute atomic E-state index is 0.0139. The second-order valence-electron chi connectivity index (χ2n) is 4.26. The van der Waals surface area contributed by atoms with Gasteiger partial charge in [-0.05, 0) is 24.6 Å². The maximum Gasteiger partial charge on any atom is 0.216 e. The van der Waals surface area contributed by atoms with Crippen LogP contribution in [0.4, 0.5) is 5.82 Å². The Kier molecular flexibility index (Phi) is 3.77. The maximum absolute atomic E-state index is 10.7. The number of pyridine rings is 1. The van der Waals surface area contributed by atoms with Gasteiger partial charge < -0.3 is 10.6 Å². The molecule has 0 spiro atoms. The summed E-state index contributed by atoms with van der Waals surface area (Å²) in [6.45, 7) is 4.81. The fraction of sp³-hybridized carbons (Fsp3) is 0.286. The summed E-state index contributed by atoms with van der Waals surface area (Å²) >= 11 is 0. The van der Waals surface area contributed by atoms with Crippen molar-refractivity contribution < 1.29 is 4.79 Å². The van der Waals surface area contributed by atoms with E-state index in [-0.39, 0.29) is 5.91 Å². The van der Waals surface area contributed by atoms with Crippen LogP contribution in [0.1, 0.15) is 12.5 Å². The maximum atomic E-state index is 10.7. The number of aryl methyl sites for hydroxylation is 1. The lowest BCUT2D eigenvalue weighted by molar-refractivity contribution is -0.118. The highest BCUT2D eigenvalue weighted by atomic mass is 16.1. The first-order valence-electron chi connectivity index (χ1n) is 6.01. The minimum atomic E-state index is -0.0139. The van der Waals surface area contributed by atoms with Crippen molar-refractivity contribution >= 4 is 22.6 Å². The molecule has 2 N–H and O–H groups in total. The summed E-state index contributed by atoms with van der Waals surface area (Å²) < 4.78 is 0. The number of fused-ring (bicyclic) bond motifs is 1. The van der Waals surface area contributed by atoms with Crippen molar-refractivity contribution in [2.45, 2.75) is 13.8 Å². The Balaban J connectivity index is 2.08. The lowest BCUT2D eigenvalue weighted by Gasteiger charge is -2.10. The van der Waals surface area contributed by atoms with Gasteiger partial charge in [0.25, 0.3) is 0 Å². The summed E-state index contributed by atoms with van der Waals surface area (Å²) in [6, 6.07) is 10.1. The monoisotopic (exact) mass is 243 g/mol. The molecule has 1 aromatic heterocycles. The quantitative estimate of drug-likeness (QED) is 0.808. The fourth-order valence-corrected chi connectivity index (χ4v) is 1.82. The molecule has 0 atom stereocenters. The van der Waals surface area contributed by atoms with Gasteiger partial charge in [-0.15, -0.1) is 0 Å².